The Balaban J connectivity index is 3.10. The van der Waals surface area contributed by atoms with Crippen LogP contribution in [0.5, 0.6) is 5.75 Å². The zero-order chi connectivity index (χ0) is 12.2. The number of hydrogen-bond donors (Lipinski definition) is 1. The predicted molar refractivity (Wildman–Crippen MR) is 61.4 cm³/mol. The molecule has 1 N–H and O–H groups in total. The molecule has 0 aliphatic rings. The number of methoxy groups -OCH3 is 2. The molecule has 0 fully saturated rings. The van der Waals surface area contributed by atoms with Crippen molar-refractivity contribution in [3.8, 4) is 5.75 Å². The lowest BCUT2D eigenvalue weighted by Crippen LogP contribution is -2.37. The molecule has 1 heterocycles. The third kappa shape index (κ3) is 2.51. The standard InChI is InChI=1S/C12H19NO3/c1-9(2)12(14,8-15-3)10-5-11(16-4)7-13-6-10/h5-7,9,14H,8H2,1-4H3. The van der Waals surface area contributed by atoms with Crippen molar-refractivity contribution >= 4 is 0 Å². The summed E-state index contributed by atoms with van der Waals surface area (Å²) in [5.41, 5.74) is -0.320. The number of pyridine rings is 1. The average Bonchev–Trinajstić information content (AvgIpc) is 2.29. The van der Waals surface area contributed by atoms with Crippen molar-refractivity contribution in [1.82, 2.24) is 4.98 Å². The van der Waals surface area contributed by atoms with Crippen LogP contribution in [0.4, 0.5) is 0 Å². The highest BCUT2D eigenvalue weighted by atomic mass is 16.5. The average molecular weight is 225 g/mol. The SMILES string of the molecule is COCC(O)(c1cncc(OC)c1)C(C)C. The molecular formula is C12H19NO3. The van der Waals surface area contributed by atoms with Gasteiger partial charge >= 0.3 is 0 Å². The van der Waals surface area contributed by atoms with E-state index >= 15 is 0 Å². The van der Waals surface area contributed by atoms with Crippen molar-refractivity contribution in [3.63, 3.8) is 0 Å². The molecule has 1 rings (SSSR count). The second-order valence-corrected chi connectivity index (χ2v) is 4.13. The fourth-order valence-electron chi connectivity index (χ4n) is 1.57. The molecule has 0 radical (unpaired) electrons. The lowest BCUT2D eigenvalue weighted by molar-refractivity contribution is -0.0703. The zero-order valence-corrected chi connectivity index (χ0v) is 10.2. The summed E-state index contributed by atoms with van der Waals surface area (Å²) in [6.07, 6.45) is 3.25. The van der Waals surface area contributed by atoms with E-state index in [1.807, 2.05) is 13.8 Å². The largest absolute Gasteiger partial charge is 0.495 e. The lowest BCUT2D eigenvalue weighted by atomic mass is 9.85. The number of hydrogen-bond acceptors (Lipinski definition) is 4. The quantitative estimate of drug-likeness (QED) is 0.826. The first kappa shape index (κ1) is 12.9. The Labute approximate surface area is 96.2 Å². The number of nitrogens with zero attached hydrogens (tertiary/aromatic N) is 1. The molecule has 1 unspecified atom stereocenters. The van der Waals surface area contributed by atoms with Crippen LogP contribution in [-0.4, -0.2) is 30.9 Å². The molecule has 0 aliphatic heterocycles. The van der Waals surface area contributed by atoms with E-state index in [2.05, 4.69) is 4.98 Å². The molecule has 0 saturated carbocycles. The normalized spacial score (nSPS) is 14.9. The summed E-state index contributed by atoms with van der Waals surface area (Å²) in [7, 11) is 3.15. The van der Waals surface area contributed by atoms with Crippen molar-refractivity contribution in [3.05, 3.63) is 24.0 Å². The van der Waals surface area contributed by atoms with Crippen molar-refractivity contribution in [1.29, 1.82) is 0 Å². The van der Waals surface area contributed by atoms with Gasteiger partial charge in [-0.25, -0.2) is 0 Å². The van der Waals surface area contributed by atoms with Crippen LogP contribution < -0.4 is 4.74 Å². The molecule has 16 heavy (non-hydrogen) atoms. The van der Waals surface area contributed by atoms with Crippen LogP contribution in [-0.2, 0) is 10.3 Å². The first-order valence-electron chi connectivity index (χ1n) is 5.25. The van der Waals surface area contributed by atoms with Crippen LogP contribution in [0.25, 0.3) is 0 Å². The smallest absolute Gasteiger partial charge is 0.137 e. The van der Waals surface area contributed by atoms with Crippen molar-refractivity contribution in [2.45, 2.75) is 19.4 Å². The molecule has 4 heteroatoms. The minimum atomic E-state index is -1.03. The van der Waals surface area contributed by atoms with Gasteiger partial charge in [-0.15, -0.1) is 0 Å². The number of aliphatic hydroxyl groups is 1. The van der Waals surface area contributed by atoms with Gasteiger partial charge < -0.3 is 14.6 Å². The van der Waals surface area contributed by atoms with E-state index in [-0.39, 0.29) is 12.5 Å². The van der Waals surface area contributed by atoms with E-state index in [0.29, 0.717) is 11.3 Å². The van der Waals surface area contributed by atoms with Crippen LogP contribution in [0.3, 0.4) is 0 Å². The maximum atomic E-state index is 10.6. The number of aromatic nitrogens is 1. The molecule has 4 nitrogen and oxygen atoms in total. The summed E-state index contributed by atoms with van der Waals surface area (Å²) in [5.74, 6) is 0.661. The van der Waals surface area contributed by atoms with Crippen molar-refractivity contribution in [2.24, 2.45) is 5.92 Å². The molecule has 90 valence electrons. The van der Waals surface area contributed by atoms with E-state index in [1.54, 1.807) is 32.7 Å². The van der Waals surface area contributed by atoms with E-state index in [4.69, 9.17) is 9.47 Å². The third-order valence-electron chi connectivity index (χ3n) is 2.77. The Morgan fingerprint density at radius 3 is 2.56 bits per heavy atom. The Morgan fingerprint density at radius 1 is 1.38 bits per heavy atom. The minimum absolute atomic E-state index is 0.0290. The molecule has 0 amide bonds. The summed E-state index contributed by atoms with van der Waals surface area (Å²) >= 11 is 0. The number of ether oxygens (including phenoxy) is 2. The molecule has 0 aliphatic carbocycles. The first-order valence-corrected chi connectivity index (χ1v) is 5.25. The number of rotatable bonds is 5. The van der Waals surface area contributed by atoms with Gasteiger partial charge in [0.15, 0.2) is 0 Å². The van der Waals surface area contributed by atoms with E-state index in [9.17, 15) is 5.11 Å². The van der Waals surface area contributed by atoms with Gasteiger partial charge in [-0.1, -0.05) is 13.8 Å². The predicted octanol–water partition coefficient (Wildman–Crippen LogP) is 1.58. The van der Waals surface area contributed by atoms with Crippen LogP contribution in [0.1, 0.15) is 19.4 Å². The molecule has 0 bridgehead atoms. The summed E-state index contributed by atoms with van der Waals surface area (Å²) in [4.78, 5) is 4.05. The van der Waals surface area contributed by atoms with Gasteiger partial charge in [-0.05, 0) is 12.0 Å². The second-order valence-electron chi connectivity index (χ2n) is 4.13. The maximum Gasteiger partial charge on any atom is 0.137 e. The zero-order valence-electron chi connectivity index (χ0n) is 10.2. The fraction of sp³-hybridized carbons (Fsp3) is 0.583. The van der Waals surface area contributed by atoms with Crippen LogP contribution in [0.15, 0.2) is 18.5 Å². The Hall–Kier alpha value is -1.13. The molecule has 1 aromatic heterocycles. The van der Waals surface area contributed by atoms with Crippen LogP contribution in [0.2, 0.25) is 0 Å². The topological polar surface area (TPSA) is 51.6 Å². The van der Waals surface area contributed by atoms with Crippen molar-refractivity contribution < 1.29 is 14.6 Å². The van der Waals surface area contributed by atoms with E-state index in [1.165, 1.54) is 0 Å². The molecule has 0 spiro atoms. The summed E-state index contributed by atoms with van der Waals surface area (Å²) in [6, 6.07) is 1.78. The Morgan fingerprint density at radius 2 is 2.06 bits per heavy atom. The van der Waals surface area contributed by atoms with Gasteiger partial charge in [0.05, 0.1) is 19.9 Å². The minimum Gasteiger partial charge on any atom is -0.495 e. The monoisotopic (exact) mass is 225 g/mol. The lowest BCUT2D eigenvalue weighted by Gasteiger charge is -2.31. The van der Waals surface area contributed by atoms with Crippen molar-refractivity contribution in [2.75, 3.05) is 20.8 Å². The molecule has 1 aromatic rings. The third-order valence-corrected chi connectivity index (χ3v) is 2.77. The molecule has 1 atom stereocenters. The fourth-order valence-corrected chi connectivity index (χ4v) is 1.57. The molecule has 0 saturated heterocycles. The van der Waals surface area contributed by atoms with Gasteiger partial charge in [0.1, 0.15) is 11.4 Å². The van der Waals surface area contributed by atoms with Gasteiger partial charge in [0.2, 0.25) is 0 Å². The van der Waals surface area contributed by atoms with Gasteiger partial charge in [0, 0.05) is 18.9 Å². The Bertz CT molecular complexity index is 341. The van der Waals surface area contributed by atoms with E-state index < -0.39 is 5.60 Å². The first-order chi connectivity index (χ1) is 7.54. The second kappa shape index (κ2) is 5.27. The highest BCUT2D eigenvalue weighted by Gasteiger charge is 2.33. The molecule has 0 aromatic carbocycles. The van der Waals surface area contributed by atoms with Gasteiger partial charge in [-0.2, -0.15) is 0 Å². The highest BCUT2D eigenvalue weighted by Crippen LogP contribution is 2.31. The summed E-state index contributed by atoms with van der Waals surface area (Å²) in [6.45, 7) is 4.12. The van der Waals surface area contributed by atoms with Gasteiger partial charge in [0.25, 0.3) is 0 Å². The van der Waals surface area contributed by atoms with E-state index in [0.717, 1.165) is 0 Å². The molecular weight excluding hydrogens is 206 g/mol. The Kier molecular flexibility index (Phi) is 4.26. The van der Waals surface area contributed by atoms with Gasteiger partial charge in [-0.3, -0.25) is 4.98 Å². The summed E-state index contributed by atoms with van der Waals surface area (Å²) in [5, 5.41) is 10.6. The maximum absolute atomic E-state index is 10.6. The summed E-state index contributed by atoms with van der Waals surface area (Å²) < 4.78 is 10.2. The van der Waals surface area contributed by atoms with Crippen LogP contribution in [0, 0.1) is 5.92 Å². The highest BCUT2D eigenvalue weighted by molar-refractivity contribution is 5.28. The van der Waals surface area contributed by atoms with Crippen LogP contribution >= 0.6 is 0 Å².